The van der Waals surface area contributed by atoms with Crippen LogP contribution in [0.1, 0.15) is 37.8 Å². The summed E-state index contributed by atoms with van der Waals surface area (Å²) in [6, 6.07) is 4.65. The Morgan fingerprint density at radius 3 is 2.81 bits per heavy atom. The van der Waals surface area contributed by atoms with E-state index in [1.165, 1.54) is 6.26 Å². The van der Waals surface area contributed by atoms with Gasteiger partial charge in [-0.1, -0.05) is 6.92 Å². The number of nitrogens with two attached hydrogens (primary N) is 1. The summed E-state index contributed by atoms with van der Waals surface area (Å²) in [6.45, 7) is 4.83. The predicted octanol–water partition coefficient (Wildman–Crippen LogP) is 1.99. The number of hydrogen-bond donors (Lipinski definition) is 2. The molecule has 0 aliphatic carbocycles. The largest absolute Gasteiger partial charge is 0.468 e. The standard InChI is InChI=1S/C14H21N3O3S/c1-3-6-17-10-13(8-12(17)9-15)21(18,19)16-11(2)14-5-4-7-20-14/h4-5,7-8,10-11,16H,3,6,9,15H2,1-2H3. The lowest BCUT2D eigenvalue weighted by molar-refractivity contribution is 0.459. The summed E-state index contributed by atoms with van der Waals surface area (Å²) >= 11 is 0. The molecule has 7 heteroatoms. The number of nitrogens with zero attached hydrogens (tertiary/aromatic N) is 1. The molecule has 0 bridgehead atoms. The lowest BCUT2D eigenvalue weighted by Gasteiger charge is -2.10. The summed E-state index contributed by atoms with van der Waals surface area (Å²) in [6.07, 6.45) is 4.06. The second kappa shape index (κ2) is 6.46. The highest BCUT2D eigenvalue weighted by atomic mass is 32.2. The Balaban J connectivity index is 2.23. The lowest BCUT2D eigenvalue weighted by Crippen LogP contribution is -2.26. The molecule has 2 heterocycles. The summed E-state index contributed by atoms with van der Waals surface area (Å²) in [5.74, 6) is 0.575. The topological polar surface area (TPSA) is 90.3 Å². The van der Waals surface area contributed by atoms with Crippen LogP contribution in [0.25, 0.3) is 0 Å². The van der Waals surface area contributed by atoms with Gasteiger partial charge in [-0.15, -0.1) is 0 Å². The molecule has 2 aromatic rings. The molecule has 1 unspecified atom stereocenters. The fourth-order valence-electron chi connectivity index (χ4n) is 2.19. The van der Waals surface area contributed by atoms with E-state index in [-0.39, 0.29) is 4.90 Å². The van der Waals surface area contributed by atoms with Crippen molar-refractivity contribution < 1.29 is 12.8 Å². The fraction of sp³-hybridized carbons (Fsp3) is 0.429. The van der Waals surface area contributed by atoms with Crippen LogP contribution in [0.2, 0.25) is 0 Å². The first-order chi connectivity index (χ1) is 9.97. The molecule has 3 N–H and O–H groups in total. The molecule has 0 radical (unpaired) electrons. The summed E-state index contributed by atoms with van der Waals surface area (Å²) < 4.78 is 34.5. The highest BCUT2D eigenvalue weighted by Crippen LogP contribution is 2.19. The van der Waals surface area contributed by atoms with Gasteiger partial charge in [0.1, 0.15) is 5.76 Å². The van der Waals surface area contributed by atoms with Crippen molar-refractivity contribution in [1.82, 2.24) is 9.29 Å². The van der Waals surface area contributed by atoms with E-state index in [2.05, 4.69) is 4.72 Å². The van der Waals surface area contributed by atoms with Gasteiger partial charge in [0, 0.05) is 25.0 Å². The molecular formula is C14H21N3O3S. The van der Waals surface area contributed by atoms with E-state index in [0.717, 1.165) is 18.7 Å². The van der Waals surface area contributed by atoms with E-state index in [1.54, 1.807) is 31.3 Å². The molecule has 0 aromatic carbocycles. The van der Waals surface area contributed by atoms with E-state index < -0.39 is 16.1 Å². The van der Waals surface area contributed by atoms with Gasteiger partial charge in [0.2, 0.25) is 10.0 Å². The van der Waals surface area contributed by atoms with Crippen LogP contribution < -0.4 is 10.5 Å². The van der Waals surface area contributed by atoms with Crippen molar-refractivity contribution in [3.05, 3.63) is 42.1 Å². The zero-order valence-electron chi connectivity index (χ0n) is 12.2. The molecule has 0 aliphatic rings. The van der Waals surface area contributed by atoms with Crippen molar-refractivity contribution in [3.8, 4) is 0 Å². The monoisotopic (exact) mass is 311 g/mol. The average molecular weight is 311 g/mol. The lowest BCUT2D eigenvalue weighted by atomic mass is 10.3. The zero-order valence-corrected chi connectivity index (χ0v) is 13.1. The molecule has 21 heavy (non-hydrogen) atoms. The fourth-order valence-corrected chi connectivity index (χ4v) is 3.46. The van der Waals surface area contributed by atoms with Crippen molar-refractivity contribution in [2.45, 2.75) is 44.3 Å². The Kier molecular flexibility index (Phi) is 4.87. The number of furan rings is 1. The third kappa shape index (κ3) is 3.55. The minimum atomic E-state index is -3.60. The van der Waals surface area contributed by atoms with Crippen molar-refractivity contribution >= 4 is 10.0 Å². The first-order valence-corrected chi connectivity index (χ1v) is 8.41. The maximum atomic E-state index is 12.4. The van der Waals surface area contributed by atoms with Crippen LogP contribution in [-0.4, -0.2) is 13.0 Å². The Morgan fingerprint density at radius 2 is 2.24 bits per heavy atom. The van der Waals surface area contributed by atoms with Gasteiger partial charge in [-0.05, 0) is 31.5 Å². The van der Waals surface area contributed by atoms with Gasteiger partial charge in [-0.2, -0.15) is 0 Å². The average Bonchev–Trinajstić information content (AvgIpc) is 3.08. The minimum absolute atomic E-state index is 0.231. The maximum absolute atomic E-state index is 12.4. The van der Waals surface area contributed by atoms with Crippen LogP contribution in [0.5, 0.6) is 0 Å². The van der Waals surface area contributed by atoms with Gasteiger partial charge in [0.05, 0.1) is 17.2 Å². The first-order valence-electron chi connectivity index (χ1n) is 6.92. The van der Waals surface area contributed by atoms with Crippen LogP contribution >= 0.6 is 0 Å². The van der Waals surface area contributed by atoms with Gasteiger partial charge >= 0.3 is 0 Å². The third-order valence-electron chi connectivity index (χ3n) is 3.25. The number of hydrogen-bond acceptors (Lipinski definition) is 4. The van der Waals surface area contributed by atoms with Crippen LogP contribution in [0, 0.1) is 0 Å². The second-order valence-corrected chi connectivity index (χ2v) is 6.64. The molecule has 0 spiro atoms. The first kappa shape index (κ1) is 15.8. The minimum Gasteiger partial charge on any atom is -0.468 e. The molecule has 0 amide bonds. The van der Waals surface area contributed by atoms with Gasteiger partial charge in [0.15, 0.2) is 0 Å². The summed E-state index contributed by atoms with van der Waals surface area (Å²) in [5, 5.41) is 0. The summed E-state index contributed by atoms with van der Waals surface area (Å²) in [5.41, 5.74) is 6.47. The number of nitrogens with one attached hydrogen (secondary N) is 1. The molecule has 6 nitrogen and oxygen atoms in total. The molecule has 0 saturated heterocycles. The van der Waals surface area contributed by atoms with Crippen molar-refractivity contribution in [3.63, 3.8) is 0 Å². The quantitative estimate of drug-likeness (QED) is 0.818. The number of rotatable bonds is 7. The van der Waals surface area contributed by atoms with Gasteiger partial charge in [-0.3, -0.25) is 0 Å². The molecular weight excluding hydrogens is 290 g/mol. The molecule has 116 valence electrons. The van der Waals surface area contributed by atoms with E-state index in [1.807, 2.05) is 11.5 Å². The highest BCUT2D eigenvalue weighted by molar-refractivity contribution is 7.89. The van der Waals surface area contributed by atoms with E-state index in [9.17, 15) is 8.42 Å². The smallest absolute Gasteiger partial charge is 0.242 e. The van der Waals surface area contributed by atoms with Crippen molar-refractivity contribution in [1.29, 1.82) is 0 Å². The molecule has 0 fully saturated rings. The molecule has 1 atom stereocenters. The van der Waals surface area contributed by atoms with Gasteiger partial charge in [-0.25, -0.2) is 13.1 Å². The molecule has 0 aliphatic heterocycles. The van der Waals surface area contributed by atoms with Crippen molar-refractivity contribution in [2.24, 2.45) is 5.73 Å². The number of aromatic nitrogens is 1. The Morgan fingerprint density at radius 1 is 1.48 bits per heavy atom. The number of aryl methyl sites for hydroxylation is 1. The third-order valence-corrected chi connectivity index (χ3v) is 4.75. The number of sulfonamides is 1. The van der Waals surface area contributed by atoms with Crippen molar-refractivity contribution in [2.75, 3.05) is 0 Å². The maximum Gasteiger partial charge on any atom is 0.242 e. The van der Waals surface area contributed by atoms with E-state index in [4.69, 9.17) is 10.2 Å². The second-order valence-electron chi connectivity index (χ2n) is 4.92. The Labute approximate surface area is 125 Å². The van der Waals surface area contributed by atoms with E-state index >= 15 is 0 Å². The van der Waals surface area contributed by atoms with Crippen LogP contribution in [0.15, 0.2) is 40.0 Å². The molecule has 0 saturated carbocycles. The SMILES string of the molecule is CCCn1cc(S(=O)(=O)NC(C)c2ccco2)cc1CN. The Hall–Kier alpha value is -1.57. The molecule has 2 rings (SSSR count). The zero-order chi connectivity index (χ0) is 15.5. The van der Waals surface area contributed by atoms with E-state index in [0.29, 0.717) is 12.3 Å². The Bertz CT molecular complexity index is 674. The molecule has 2 aromatic heterocycles. The normalized spacial score (nSPS) is 13.5. The summed E-state index contributed by atoms with van der Waals surface area (Å²) in [7, 11) is -3.60. The van der Waals surface area contributed by atoms with Crippen LogP contribution in [0.4, 0.5) is 0 Å². The van der Waals surface area contributed by atoms with Crippen LogP contribution in [0.3, 0.4) is 0 Å². The highest BCUT2D eigenvalue weighted by Gasteiger charge is 2.22. The van der Waals surface area contributed by atoms with Gasteiger partial charge < -0.3 is 14.7 Å². The van der Waals surface area contributed by atoms with Crippen LogP contribution in [-0.2, 0) is 23.1 Å². The predicted molar refractivity (Wildman–Crippen MR) is 80.1 cm³/mol. The van der Waals surface area contributed by atoms with Gasteiger partial charge in [0.25, 0.3) is 0 Å². The summed E-state index contributed by atoms with van der Waals surface area (Å²) in [4.78, 5) is 0.231.